The fourth-order valence-electron chi connectivity index (χ4n) is 3.34. The molecule has 19 heteroatoms. The molecular weight excluding hydrogens is 507 g/mol. The Balaban J connectivity index is 1.73. The van der Waals surface area contributed by atoms with Crippen LogP contribution in [0.15, 0.2) is 18.5 Å². The van der Waals surface area contributed by atoms with Crippen LogP contribution in [-0.4, -0.2) is 49.1 Å². The maximum atomic E-state index is 12.0. The van der Waals surface area contributed by atoms with E-state index in [4.69, 9.17) is 15.4 Å². The standard InChI is InChI=1S/C14H20N5O11P3/c1-9-5-10(6-27-32(22,23)30-33(24,25)29-31(20,21)26-2)28-14(9,7-15)12-4-3-11-13(16)17-8-18-19(11)12/h3-4,8-10H,5-6H2,1-2H3,(H,20,21)(H,22,23)(H,24,25)(H2,16,17,18). The molecule has 182 valence electrons. The van der Waals surface area contributed by atoms with Crippen LogP contribution in [0, 0.1) is 17.2 Å². The molecule has 0 radical (unpaired) electrons. The van der Waals surface area contributed by atoms with Crippen LogP contribution in [0.25, 0.3) is 5.52 Å². The Kier molecular flexibility index (Phi) is 7.18. The number of nitriles is 1. The van der Waals surface area contributed by atoms with Crippen LogP contribution in [-0.2, 0) is 41.7 Å². The van der Waals surface area contributed by atoms with Crippen molar-refractivity contribution < 1.29 is 50.8 Å². The highest BCUT2D eigenvalue weighted by atomic mass is 31.3. The smallest absolute Gasteiger partial charge is 0.382 e. The number of phosphoric acid groups is 3. The van der Waals surface area contributed by atoms with Gasteiger partial charge in [-0.05, 0) is 18.6 Å². The Hall–Kier alpha value is -1.72. The SMILES string of the molecule is COP(=O)(O)OP(=O)(O)OP(=O)(O)OCC1CC(C)C(C#N)(c2ccc3c(N)ncnn23)O1. The summed E-state index contributed by atoms with van der Waals surface area (Å²) >= 11 is 0. The second kappa shape index (κ2) is 9.14. The molecule has 0 spiro atoms. The molecule has 1 aliphatic rings. The number of nitrogens with two attached hydrogens (primary N) is 1. The number of ether oxygens (including phenoxy) is 1. The van der Waals surface area contributed by atoms with Crippen molar-refractivity contribution >= 4 is 34.8 Å². The minimum atomic E-state index is -5.53. The lowest BCUT2D eigenvalue weighted by Crippen LogP contribution is -2.32. The zero-order valence-electron chi connectivity index (χ0n) is 17.1. The molecule has 1 aliphatic heterocycles. The number of rotatable bonds is 9. The van der Waals surface area contributed by atoms with Crippen molar-refractivity contribution in [1.82, 2.24) is 14.6 Å². The molecule has 1 fully saturated rings. The summed E-state index contributed by atoms with van der Waals surface area (Å²) in [5.74, 6) is -0.261. The molecule has 0 aromatic carbocycles. The molecule has 0 amide bonds. The molecule has 16 nitrogen and oxygen atoms in total. The molecule has 3 rings (SSSR count). The largest absolute Gasteiger partial charge is 0.490 e. The summed E-state index contributed by atoms with van der Waals surface area (Å²) < 4.78 is 58.7. The van der Waals surface area contributed by atoms with E-state index in [2.05, 4.69) is 33.8 Å². The second-order valence-electron chi connectivity index (χ2n) is 6.93. The summed E-state index contributed by atoms with van der Waals surface area (Å²) in [4.78, 5) is 32.1. The molecule has 0 bridgehead atoms. The van der Waals surface area contributed by atoms with Crippen LogP contribution in [0.3, 0.4) is 0 Å². The molecule has 3 heterocycles. The molecule has 6 unspecified atom stereocenters. The van der Waals surface area contributed by atoms with Crippen molar-refractivity contribution in [1.29, 1.82) is 5.26 Å². The van der Waals surface area contributed by atoms with Crippen LogP contribution in [0.4, 0.5) is 5.82 Å². The zero-order chi connectivity index (χ0) is 24.7. The van der Waals surface area contributed by atoms with Crippen LogP contribution < -0.4 is 5.73 Å². The lowest BCUT2D eigenvalue weighted by Gasteiger charge is -2.25. The van der Waals surface area contributed by atoms with Gasteiger partial charge in [0, 0.05) is 13.0 Å². The molecule has 33 heavy (non-hydrogen) atoms. The van der Waals surface area contributed by atoms with Gasteiger partial charge in [0.1, 0.15) is 17.9 Å². The third kappa shape index (κ3) is 5.51. The molecule has 2 aromatic heterocycles. The first kappa shape index (κ1) is 25.9. The minimum Gasteiger partial charge on any atom is -0.382 e. The molecule has 2 aromatic rings. The number of phosphoric ester groups is 2. The summed E-state index contributed by atoms with van der Waals surface area (Å²) in [6.07, 6.45) is 0.473. The fraction of sp³-hybridized carbons (Fsp3) is 0.500. The van der Waals surface area contributed by atoms with Gasteiger partial charge in [-0.25, -0.2) is 23.2 Å². The van der Waals surface area contributed by atoms with Crippen molar-refractivity contribution in [2.24, 2.45) is 5.92 Å². The second-order valence-corrected chi connectivity index (χ2v) is 11.7. The molecule has 0 saturated carbocycles. The number of nitrogens with zero attached hydrogens (tertiary/aromatic N) is 4. The fourth-order valence-corrected chi connectivity index (χ4v) is 6.62. The van der Waals surface area contributed by atoms with Gasteiger partial charge in [0.05, 0.1) is 18.4 Å². The Morgan fingerprint density at radius 1 is 1.27 bits per heavy atom. The Morgan fingerprint density at radius 3 is 2.58 bits per heavy atom. The lowest BCUT2D eigenvalue weighted by molar-refractivity contribution is -0.0418. The van der Waals surface area contributed by atoms with Crippen LogP contribution in [0.1, 0.15) is 19.0 Å². The van der Waals surface area contributed by atoms with Gasteiger partial charge in [0.15, 0.2) is 11.4 Å². The maximum absolute atomic E-state index is 12.0. The van der Waals surface area contributed by atoms with Gasteiger partial charge in [-0.3, -0.25) is 9.05 Å². The topological polar surface area (TPSA) is 238 Å². The average Bonchev–Trinajstić information content (AvgIpc) is 3.27. The molecule has 5 N–H and O–H groups in total. The highest BCUT2D eigenvalue weighted by Crippen LogP contribution is 2.67. The highest BCUT2D eigenvalue weighted by Gasteiger charge is 2.51. The van der Waals surface area contributed by atoms with Gasteiger partial charge >= 0.3 is 23.5 Å². The van der Waals surface area contributed by atoms with E-state index in [0.717, 1.165) is 0 Å². The van der Waals surface area contributed by atoms with Crippen LogP contribution >= 0.6 is 23.5 Å². The number of fused-ring (bicyclic) bond motifs is 1. The van der Waals surface area contributed by atoms with E-state index in [1.807, 2.05) is 0 Å². The minimum absolute atomic E-state index is 0.185. The lowest BCUT2D eigenvalue weighted by atomic mass is 9.87. The summed E-state index contributed by atoms with van der Waals surface area (Å²) in [7, 11) is -15.1. The van der Waals surface area contributed by atoms with Crippen molar-refractivity contribution in [2.75, 3.05) is 19.5 Å². The van der Waals surface area contributed by atoms with Crippen molar-refractivity contribution in [3.05, 3.63) is 24.2 Å². The first-order valence-corrected chi connectivity index (χ1v) is 13.5. The van der Waals surface area contributed by atoms with Gasteiger partial charge in [-0.2, -0.15) is 19.0 Å². The Bertz CT molecular complexity index is 1230. The monoisotopic (exact) mass is 527 g/mol. The highest BCUT2D eigenvalue weighted by molar-refractivity contribution is 7.66. The third-order valence-electron chi connectivity index (χ3n) is 4.76. The van der Waals surface area contributed by atoms with Crippen molar-refractivity contribution in [2.45, 2.75) is 25.0 Å². The number of anilines is 1. The van der Waals surface area contributed by atoms with Gasteiger partial charge in [-0.15, -0.1) is 0 Å². The van der Waals surface area contributed by atoms with E-state index < -0.39 is 47.7 Å². The molecule has 1 saturated heterocycles. The third-order valence-corrected chi connectivity index (χ3v) is 9.00. The van der Waals surface area contributed by atoms with Gasteiger partial charge in [0.2, 0.25) is 0 Å². The van der Waals surface area contributed by atoms with Crippen molar-refractivity contribution in [3.8, 4) is 6.07 Å². The molecule has 0 aliphatic carbocycles. The number of hydrogen-bond donors (Lipinski definition) is 4. The number of nitrogen functional groups attached to an aromatic ring is 1. The number of hydrogen-bond acceptors (Lipinski definition) is 12. The first-order valence-electron chi connectivity index (χ1n) is 9.03. The van der Waals surface area contributed by atoms with Gasteiger partial charge in [-0.1, -0.05) is 6.92 Å². The van der Waals surface area contributed by atoms with E-state index in [1.54, 1.807) is 19.1 Å². The predicted octanol–water partition coefficient (Wildman–Crippen LogP) is 1.45. The Morgan fingerprint density at radius 2 is 1.94 bits per heavy atom. The zero-order valence-corrected chi connectivity index (χ0v) is 19.8. The van der Waals surface area contributed by atoms with Crippen molar-refractivity contribution in [3.63, 3.8) is 0 Å². The Labute approximate surface area is 186 Å². The normalized spacial score (nSPS) is 28.6. The van der Waals surface area contributed by atoms with E-state index in [9.17, 15) is 28.7 Å². The van der Waals surface area contributed by atoms with E-state index in [0.29, 0.717) is 18.3 Å². The molecular formula is C14H20N5O11P3. The molecule has 6 atom stereocenters. The summed E-state index contributed by atoms with van der Waals surface area (Å²) in [5, 5.41) is 14.0. The quantitative estimate of drug-likeness (QED) is 0.338. The van der Waals surface area contributed by atoms with Crippen LogP contribution in [0.5, 0.6) is 0 Å². The average molecular weight is 527 g/mol. The van der Waals surface area contributed by atoms with Gasteiger partial charge < -0.3 is 25.2 Å². The van der Waals surface area contributed by atoms with E-state index in [1.165, 1.54) is 10.8 Å². The summed E-state index contributed by atoms with van der Waals surface area (Å²) in [6, 6.07) is 5.30. The summed E-state index contributed by atoms with van der Waals surface area (Å²) in [6.45, 7) is 1.07. The maximum Gasteiger partial charge on any atom is 0.490 e. The van der Waals surface area contributed by atoms with E-state index >= 15 is 0 Å². The predicted molar refractivity (Wildman–Crippen MR) is 108 cm³/mol. The van der Waals surface area contributed by atoms with Gasteiger partial charge in [0.25, 0.3) is 0 Å². The number of aromatic nitrogens is 3. The summed E-state index contributed by atoms with van der Waals surface area (Å²) in [5.41, 5.74) is 5.09. The first-order chi connectivity index (χ1) is 15.2. The van der Waals surface area contributed by atoms with Crippen LogP contribution in [0.2, 0.25) is 0 Å². The van der Waals surface area contributed by atoms with E-state index in [-0.39, 0.29) is 12.2 Å².